The SMILES string of the molecule is CC(C)Oc1ccc(-c2nsc(Nc3ncccc3S(=O)(=O)N3CCC3)n2)nc1. The van der Waals surface area contributed by atoms with E-state index < -0.39 is 10.0 Å². The first kappa shape index (κ1) is 19.7. The molecule has 11 heteroatoms. The Hall–Kier alpha value is -2.63. The predicted molar refractivity (Wildman–Crippen MR) is 110 cm³/mol. The molecule has 0 bridgehead atoms. The van der Waals surface area contributed by atoms with Crippen molar-refractivity contribution in [2.24, 2.45) is 0 Å². The zero-order chi connectivity index (χ0) is 20.4. The minimum Gasteiger partial charge on any atom is -0.489 e. The minimum atomic E-state index is -3.57. The number of hydrogen-bond acceptors (Lipinski definition) is 9. The largest absolute Gasteiger partial charge is 0.489 e. The molecule has 0 radical (unpaired) electrons. The molecule has 0 aliphatic carbocycles. The van der Waals surface area contributed by atoms with Crippen molar-refractivity contribution >= 4 is 32.5 Å². The fourth-order valence-corrected chi connectivity index (χ4v) is 4.89. The molecular formula is C18H20N6O3S2. The summed E-state index contributed by atoms with van der Waals surface area (Å²) < 4.78 is 36.8. The van der Waals surface area contributed by atoms with Gasteiger partial charge in [0.05, 0.1) is 12.3 Å². The Balaban J connectivity index is 1.54. The Bertz CT molecular complexity index is 1090. The molecule has 0 spiro atoms. The first-order valence-electron chi connectivity index (χ1n) is 9.12. The van der Waals surface area contributed by atoms with E-state index in [1.807, 2.05) is 19.9 Å². The van der Waals surface area contributed by atoms with Crippen LogP contribution in [0.1, 0.15) is 20.3 Å². The third kappa shape index (κ3) is 4.21. The summed E-state index contributed by atoms with van der Waals surface area (Å²) in [5.74, 6) is 1.35. The van der Waals surface area contributed by atoms with E-state index in [-0.39, 0.29) is 16.8 Å². The normalized spacial score (nSPS) is 14.6. The number of ether oxygens (including phenoxy) is 1. The lowest BCUT2D eigenvalue weighted by Gasteiger charge is -2.30. The fourth-order valence-electron chi connectivity index (χ4n) is 2.69. The monoisotopic (exact) mass is 432 g/mol. The van der Waals surface area contributed by atoms with Crippen LogP contribution in [0.3, 0.4) is 0 Å². The third-order valence-corrected chi connectivity index (χ3v) is 6.75. The van der Waals surface area contributed by atoms with Gasteiger partial charge in [-0.2, -0.15) is 13.7 Å². The van der Waals surface area contributed by atoms with Crippen molar-refractivity contribution in [1.82, 2.24) is 23.6 Å². The van der Waals surface area contributed by atoms with Crippen LogP contribution in [0.25, 0.3) is 11.5 Å². The van der Waals surface area contributed by atoms with E-state index in [1.54, 1.807) is 24.4 Å². The molecule has 3 aromatic heterocycles. The fraction of sp³-hybridized carbons (Fsp3) is 0.333. The molecule has 1 aliphatic heterocycles. The van der Waals surface area contributed by atoms with E-state index in [2.05, 4.69) is 24.6 Å². The lowest BCUT2D eigenvalue weighted by molar-refractivity contribution is 0.241. The minimum absolute atomic E-state index is 0.0657. The number of anilines is 2. The van der Waals surface area contributed by atoms with E-state index >= 15 is 0 Å². The van der Waals surface area contributed by atoms with Crippen molar-refractivity contribution < 1.29 is 13.2 Å². The molecule has 0 atom stereocenters. The van der Waals surface area contributed by atoms with Gasteiger partial charge in [-0.1, -0.05) is 0 Å². The Kier molecular flexibility index (Phi) is 5.43. The van der Waals surface area contributed by atoms with E-state index in [1.165, 1.54) is 10.5 Å². The quantitative estimate of drug-likeness (QED) is 0.607. The summed E-state index contributed by atoms with van der Waals surface area (Å²) in [6.07, 6.45) is 4.10. The highest BCUT2D eigenvalue weighted by Crippen LogP contribution is 2.29. The van der Waals surface area contributed by atoms with Gasteiger partial charge in [0, 0.05) is 30.8 Å². The molecule has 0 saturated carbocycles. The van der Waals surface area contributed by atoms with Gasteiger partial charge in [-0.3, -0.25) is 0 Å². The molecular weight excluding hydrogens is 412 g/mol. The molecule has 1 saturated heterocycles. The first-order chi connectivity index (χ1) is 13.9. The molecule has 0 unspecified atom stereocenters. The second kappa shape index (κ2) is 8.01. The maximum atomic E-state index is 12.8. The summed E-state index contributed by atoms with van der Waals surface area (Å²) >= 11 is 1.11. The van der Waals surface area contributed by atoms with E-state index in [0.29, 0.717) is 35.5 Å². The van der Waals surface area contributed by atoms with Crippen LogP contribution in [0, 0.1) is 0 Å². The molecule has 3 aromatic rings. The smallest absolute Gasteiger partial charge is 0.246 e. The topological polar surface area (TPSA) is 110 Å². The standard InChI is InChI=1S/C18H20N6O3S2/c1-12(2)27-13-6-7-14(20-11-13)16-21-18(28-23-16)22-17-15(5-3-8-19-17)29(25,26)24-9-4-10-24/h3,5-8,11-12H,4,9-10H2,1-2H3,(H,19,21,22,23). The van der Waals surface area contributed by atoms with Crippen LogP contribution < -0.4 is 10.1 Å². The molecule has 1 aliphatic rings. The van der Waals surface area contributed by atoms with Gasteiger partial charge in [0.1, 0.15) is 16.3 Å². The molecule has 9 nitrogen and oxygen atoms in total. The van der Waals surface area contributed by atoms with Gasteiger partial charge < -0.3 is 10.1 Å². The molecule has 4 rings (SSSR count). The van der Waals surface area contributed by atoms with Gasteiger partial charge in [0.2, 0.25) is 15.2 Å². The zero-order valence-electron chi connectivity index (χ0n) is 15.9. The Labute approximate surface area is 173 Å². The summed E-state index contributed by atoms with van der Waals surface area (Å²) in [5, 5.41) is 3.42. The van der Waals surface area contributed by atoms with Crippen molar-refractivity contribution in [1.29, 1.82) is 0 Å². The summed E-state index contributed by atoms with van der Waals surface area (Å²) in [6, 6.07) is 6.74. The molecule has 4 heterocycles. The Morgan fingerprint density at radius 1 is 1.21 bits per heavy atom. The van der Waals surface area contributed by atoms with Crippen LogP contribution in [0.4, 0.5) is 10.9 Å². The van der Waals surface area contributed by atoms with Crippen LogP contribution in [0.2, 0.25) is 0 Å². The zero-order valence-corrected chi connectivity index (χ0v) is 17.6. The number of nitrogens with zero attached hydrogens (tertiary/aromatic N) is 5. The lowest BCUT2D eigenvalue weighted by Crippen LogP contribution is -2.42. The van der Waals surface area contributed by atoms with E-state index in [4.69, 9.17) is 4.74 Å². The number of aromatic nitrogens is 4. The second-order valence-electron chi connectivity index (χ2n) is 6.70. The second-order valence-corrected chi connectivity index (χ2v) is 9.36. The van der Waals surface area contributed by atoms with Gasteiger partial charge >= 0.3 is 0 Å². The molecule has 1 fully saturated rings. The average molecular weight is 433 g/mol. The maximum absolute atomic E-state index is 12.8. The summed E-state index contributed by atoms with van der Waals surface area (Å²) in [6.45, 7) is 4.95. The molecule has 0 amide bonds. The van der Waals surface area contributed by atoms with Gasteiger partial charge in [-0.25, -0.2) is 18.4 Å². The first-order valence-corrected chi connectivity index (χ1v) is 11.3. The van der Waals surface area contributed by atoms with E-state index in [9.17, 15) is 8.42 Å². The highest BCUT2D eigenvalue weighted by atomic mass is 32.2. The van der Waals surface area contributed by atoms with Crippen LogP contribution in [-0.4, -0.2) is 51.2 Å². The molecule has 29 heavy (non-hydrogen) atoms. The van der Waals surface area contributed by atoms with Gasteiger partial charge in [-0.15, -0.1) is 0 Å². The number of rotatable bonds is 7. The van der Waals surface area contributed by atoms with Crippen molar-refractivity contribution in [3.8, 4) is 17.3 Å². The van der Waals surface area contributed by atoms with Gasteiger partial charge in [0.25, 0.3) is 0 Å². The maximum Gasteiger partial charge on any atom is 0.246 e. The summed E-state index contributed by atoms with van der Waals surface area (Å²) in [7, 11) is -3.57. The van der Waals surface area contributed by atoms with Crippen LogP contribution in [0.15, 0.2) is 41.6 Å². The van der Waals surface area contributed by atoms with Gasteiger partial charge in [-0.05, 0) is 44.5 Å². The van der Waals surface area contributed by atoms with Crippen molar-refractivity contribution in [2.75, 3.05) is 18.4 Å². The average Bonchev–Trinajstić information content (AvgIpc) is 3.09. The highest BCUT2D eigenvalue weighted by molar-refractivity contribution is 7.89. The van der Waals surface area contributed by atoms with Crippen LogP contribution in [0.5, 0.6) is 5.75 Å². The number of sulfonamides is 1. The summed E-state index contributed by atoms with van der Waals surface area (Å²) in [5.41, 5.74) is 0.597. The molecule has 152 valence electrons. The van der Waals surface area contributed by atoms with Crippen LogP contribution >= 0.6 is 11.5 Å². The molecule has 1 N–H and O–H groups in total. The van der Waals surface area contributed by atoms with Crippen LogP contribution in [-0.2, 0) is 10.0 Å². The van der Waals surface area contributed by atoms with Crippen molar-refractivity contribution in [3.63, 3.8) is 0 Å². The number of hydrogen-bond donors (Lipinski definition) is 1. The van der Waals surface area contributed by atoms with Gasteiger partial charge in [0.15, 0.2) is 11.6 Å². The molecule has 0 aromatic carbocycles. The Morgan fingerprint density at radius 3 is 2.69 bits per heavy atom. The number of pyridine rings is 2. The van der Waals surface area contributed by atoms with Crippen molar-refractivity contribution in [3.05, 3.63) is 36.7 Å². The number of nitrogens with one attached hydrogen (secondary N) is 1. The Morgan fingerprint density at radius 2 is 2.03 bits per heavy atom. The van der Waals surface area contributed by atoms with Crippen molar-refractivity contribution in [2.45, 2.75) is 31.3 Å². The lowest BCUT2D eigenvalue weighted by atomic mass is 10.3. The third-order valence-electron chi connectivity index (χ3n) is 4.19. The summed E-state index contributed by atoms with van der Waals surface area (Å²) in [4.78, 5) is 13.1. The highest BCUT2D eigenvalue weighted by Gasteiger charge is 2.31. The predicted octanol–water partition coefficient (Wildman–Crippen LogP) is 2.92. The van der Waals surface area contributed by atoms with E-state index in [0.717, 1.165) is 18.0 Å².